The van der Waals surface area contributed by atoms with Gasteiger partial charge in [0, 0.05) is 17.1 Å². The molecule has 1 aromatic heterocycles. The van der Waals surface area contributed by atoms with E-state index in [-0.39, 0.29) is 0 Å². The summed E-state index contributed by atoms with van der Waals surface area (Å²) in [6, 6.07) is 8.41. The molecule has 0 aliphatic rings. The molecule has 0 aliphatic carbocycles. The summed E-state index contributed by atoms with van der Waals surface area (Å²) in [6.07, 6.45) is 0. The van der Waals surface area contributed by atoms with Crippen LogP contribution in [0.1, 0.15) is 31.0 Å². The predicted octanol–water partition coefficient (Wildman–Crippen LogP) is 3.68. The van der Waals surface area contributed by atoms with Crippen molar-refractivity contribution in [2.75, 3.05) is 7.11 Å². The van der Waals surface area contributed by atoms with E-state index in [1.807, 2.05) is 13.0 Å². The van der Waals surface area contributed by atoms with Crippen molar-refractivity contribution in [3.05, 3.63) is 35.5 Å². The Bertz CT molecular complexity index is 517. The minimum absolute atomic E-state index is 0.509. The third-order valence-electron chi connectivity index (χ3n) is 2.91. The van der Waals surface area contributed by atoms with E-state index in [0.717, 1.165) is 5.69 Å². The molecule has 0 radical (unpaired) electrons. The molecule has 1 heterocycles. The van der Waals surface area contributed by atoms with Crippen LogP contribution in [0.2, 0.25) is 0 Å². The molecule has 0 aliphatic heterocycles. The zero-order valence-corrected chi connectivity index (χ0v) is 10.2. The molecule has 0 saturated heterocycles. The van der Waals surface area contributed by atoms with Gasteiger partial charge in [-0.15, -0.1) is 0 Å². The largest absolute Gasteiger partial charge is 0.481 e. The lowest BCUT2D eigenvalue weighted by Gasteiger charge is -2.12. The zero-order chi connectivity index (χ0) is 11.7. The molecule has 0 fully saturated rings. The standard InChI is InChI=1S/C14H17NO/c1-9(2)11-6-5-7-12-10(3)15-14(16-4)8-13(11)12/h5-9H,1-4H3. The molecule has 0 amide bonds. The highest BCUT2D eigenvalue weighted by Crippen LogP contribution is 2.29. The second-order valence-corrected chi connectivity index (χ2v) is 4.35. The van der Waals surface area contributed by atoms with Gasteiger partial charge in [-0.05, 0) is 23.8 Å². The number of hydrogen-bond donors (Lipinski definition) is 0. The second kappa shape index (κ2) is 4.12. The Morgan fingerprint density at radius 2 is 1.94 bits per heavy atom. The molecular formula is C14H17NO. The van der Waals surface area contributed by atoms with Crippen molar-refractivity contribution in [2.24, 2.45) is 0 Å². The van der Waals surface area contributed by atoms with Gasteiger partial charge < -0.3 is 4.74 Å². The molecule has 1 aromatic carbocycles. The fraction of sp³-hybridized carbons (Fsp3) is 0.357. The number of pyridine rings is 1. The third-order valence-corrected chi connectivity index (χ3v) is 2.91. The van der Waals surface area contributed by atoms with Crippen LogP contribution in [0.3, 0.4) is 0 Å². The van der Waals surface area contributed by atoms with Crippen molar-refractivity contribution in [3.63, 3.8) is 0 Å². The Kier molecular flexibility index (Phi) is 2.82. The summed E-state index contributed by atoms with van der Waals surface area (Å²) >= 11 is 0. The summed E-state index contributed by atoms with van der Waals surface area (Å²) in [4.78, 5) is 4.40. The molecule has 2 aromatic rings. The van der Waals surface area contributed by atoms with E-state index in [4.69, 9.17) is 4.74 Å². The van der Waals surface area contributed by atoms with Crippen molar-refractivity contribution >= 4 is 10.8 Å². The lowest BCUT2D eigenvalue weighted by molar-refractivity contribution is 0.398. The van der Waals surface area contributed by atoms with E-state index in [0.29, 0.717) is 11.8 Å². The van der Waals surface area contributed by atoms with Crippen LogP contribution in [0.4, 0.5) is 0 Å². The van der Waals surface area contributed by atoms with E-state index in [2.05, 4.69) is 37.0 Å². The lowest BCUT2D eigenvalue weighted by atomic mass is 9.96. The number of nitrogens with zero attached hydrogens (tertiary/aromatic N) is 1. The fourth-order valence-corrected chi connectivity index (χ4v) is 2.05. The molecule has 16 heavy (non-hydrogen) atoms. The van der Waals surface area contributed by atoms with Gasteiger partial charge in [0.1, 0.15) is 0 Å². The molecule has 2 heteroatoms. The summed E-state index contributed by atoms with van der Waals surface area (Å²) in [5, 5.41) is 2.47. The number of hydrogen-bond acceptors (Lipinski definition) is 2. The molecule has 0 saturated carbocycles. The Morgan fingerprint density at radius 1 is 1.19 bits per heavy atom. The van der Waals surface area contributed by atoms with Gasteiger partial charge in [-0.1, -0.05) is 32.0 Å². The normalized spacial score (nSPS) is 11.1. The monoisotopic (exact) mass is 215 g/mol. The highest BCUT2D eigenvalue weighted by molar-refractivity contribution is 5.88. The molecule has 0 bridgehead atoms. The maximum absolute atomic E-state index is 5.23. The number of rotatable bonds is 2. The number of aryl methyl sites for hydroxylation is 1. The third kappa shape index (κ3) is 1.75. The van der Waals surface area contributed by atoms with E-state index in [1.165, 1.54) is 16.3 Å². The summed E-state index contributed by atoms with van der Waals surface area (Å²) in [7, 11) is 1.66. The zero-order valence-electron chi connectivity index (χ0n) is 10.2. The van der Waals surface area contributed by atoms with Crippen LogP contribution in [0.5, 0.6) is 5.88 Å². The van der Waals surface area contributed by atoms with Gasteiger partial charge in [-0.25, -0.2) is 4.98 Å². The van der Waals surface area contributed by atoms with Gasteiger partial charge in [0.05, 0.1) is 7.11 Å². The summed E-state index contributed by atoms with van der Waals surface area (Å²) in [5.74, 6) is 1.20. The van der Waals surface area contributed by atoms with Gasteiger partial charge in [-0.3, -0.25) is 0 Å². The summed E-state index contributed by atoms with van der Waals surface area (Å²) < 4.78 is 5.23. The number of benzene rings is 1. The highest BCUT2D eigenvalue weighted by Gasteiger charge is 2.08. The molecule has 0 N–H and O–H groups in total. The molecule has 84 valence electrons. The van der Waals surface area contributed by atoms with Crippen LogP contribution in [0.15, 0.2) is 24.3 Å². The van der Waals surface area contributed by atoms with Gasteiger partial charge >= 0.3 is 0 Å². The Labute approximate surface area is 96.3 Å². The van der Waals surface area contributed by atoms with Crippen LogP contribution in [0, 0.1) is 6.92 Å². The summed E-state index contributed by atoms with van der Waals surface area (Å²) in [5.41, 5.74) is 2.37. The quantitative estimate of drug-likeness (QED) is 0.762. The minimum Gasteiger partial charge on any atom is -0.481 e. The highest BCUT2D eigenvalue weighted by atomic mass is 16.5. The second-order valence-electron chi connectivity index (χ2n) is 4.35. The topological polar surface area (TPSA) is 22.1 Å². The first-order chi connectivity index (χ1) is 7.63. The van der Waals surface area contributed by atoms with E-state index in [1.54, 1.807) is 7.11 Å². The lowest BCUT2D eigenvalue weighted by Crippen LogP contribution is -1.95. The number of ether oxygens (including phenoxy) is 1. The minimum atomic E-state index is 0.509. The molecule has 0 unspecified atom stereocenters. The van der Waals surface area contributed by atoms with Crippen LogP contribution >= 0.6 is 0 Å². The van der Waals surface area contributed by atoms with Gasteiger partial charge in [0.25, 0.3) is 0 Å². The maximum atomic E-state index is 5.23. The number of methoxy groups -OCH3 is 1. The van der Waals surface area contributed by atoms with Gasteiger partial charge in [0.15, 0.2) is 0 Å². The van der Waals surface area contributed by atoms with Crippen molar-refractivity contribution < 1.29 is 4.74 Å². The summed E-state index contributed by atoms with van der Waals surface area (Å²) in [6.45, 7) is 6.43. The first-order valence-corrected chi connectivity index (χ1v) is 5.57. The first kappa shape index (κ1) is 10.9. The number of aromatic nitrogens is 1. The average Bonchev–Trinajstić information content (AvgIpc) is 2.28. The van der Waals surface area contributed by atoms with E-state index >= 15 is 0 Å². The van der Waals surface area contributed by atoms with E-state index < -0.39 is 0 Å². The van der Waals surface area contributed by atoms with Crippen molar-refractivity contribution in [1.29, 1.82) is 0 Å². The average molecular weight is 215 g/mol. The number of fused-ring (bicyclic) bond motifs is 1. The Morgan fingerprint density at radius 3 is 2.56 bits per heavy atom. The first-order valence-electron chi connectivity index (χ1n) is 5.57. The molecule has 0 spiro atoms. The molecule has 2 rings (SSSR count). The smallest absolute Gasteiger partial charge is 0.213 e. The Balaban J connectivity index is 2.79. The van der Waals surface area contributed by atoms with Crippen LogP contribution in [-0.4, -0.2) is 12.1 Å². The van der Waals surface area contributed by atoms with Gasteiger partial charge in [-0.2, -0.15) is 0 Å². The predicted molar refractivity (Wildman–Crippen MR) is 67.1 cm³/mol. The SMILES string of the molecule is COc1cc2c(C(C)C)cccc2c(C)n1. The van der Waals surface area contributed by atoms with Crippen molar-refractivity contribution in [1.82, 2.24) is 4.98 Å². The van der Waals surface area contributed by atoms with Crippen LogP contribution < -0.4 is 4.74 Å². The van der Waals surface area contributed by atoms with E-state index in [9.17, 15) is 0 Å². The van der Waals surface area contributed by atoms with Crippen LogP contribution in [0.25, 0.3) is 10.8 Å². The molecule has 2 nitrogen and oxygen atoms in total. The Hall–Kier alpha value is -1.57. The van der Waals surface area contributed by atoms with Crippen molar-refractivity contribution in [3.8, 4) is 5.88 Å². The van der Waals surface area contributed by atoms with Crippen LogP contribution in [-0.2, 0) is 0 Å². The molecular weight excluding hydrogens is 198 g/mol. The van der Waals surface area contributed by atoms with Gasteiger partial charge in [0.2, 0.25) is 5.88 Å². The maximum Gasteiger partial charge on any atom is 0.213 e. The van der Waals surface area contributed by atoms with Crippen molar-refractivity contribution in [2.45, 2.75) is 26.7 Å². The molecule has 0 atom stereocenters. The fourth-order valence-electron chi connectivity index (χ4n) is 2.05.